The molecule has 0 aromatic heterocycles. The third-order valence-corrected chi connectivity index (χ3v) is 10.7. The van der Waals surface area contributed by atoms with Gasteiger partial charge >= 0.3 is 0 Å². The Labute approximate surface area is 178 Å². The minimum absolute atomic E-state index is 0.0851. The molecule has 1 heterocycles. The van der Waals surface area contributed by atoms with Crippen LogP contribution in [0.15, 0.2) is 48.5 Å². The van der Waals surface area contributed by atoms with Gasteiger partial charge < -0.3 is 4.90 Å². The van der Waals surface area contributed by atoms with Crippen molar-refractivity contribution in [1.82, 2.24) is 4.90 Å². The molecule has 29 heavy (non-hydrogen) atoms. The first-order valence-electron chi connectivity index (χ1n) is 11.7. The van der Waals surface area contributed by atoms with E-state index in [1.807, 2.05) is 0 Å². The van der Waals surface area contributed by atoms with Crippen LogP contribution in [-0.2, 0) is 0 Å². The minimum atomic E-state index is -0.0851. The Morgan fingerprint density at radius 1 is 0.724 bits per heavy atom. The first-order chi connectivity index (χ1) is 14.4. The number of likely N-dealkylation sites (tertiary alicyclic amines) is 1. The molecule has 2 aliphatic carbocycles. The quantitative estimate of drug-likeness (QED) is 0.478. The third-order valence-electron chi connectivity index (χ3n) is 7.27. The summed E-state index contributed by atoms with van der Waals surface area (Å²) in [5, 5.41) is 0. The summed E-state index contributed by atoms with van der Waals surface area (Å²) in [5.74, 6) is 0. The maximum atomic E-state index is 2.74. The van der Waals surface area contributed by atoms with Crippen molar-refractivity contribution in [2.45, 2.75) is 56.3 Å². The maximum absolute atomic E-state index is 2.74. The van der Waals surface area contributed by atoms with Gasteiger partial charge in [0.05, 0.1) is 0 Å². The van der Waals surface area contributed by atoms with Gasteiger partial charge in [0.15, 0.2) is 0 Å². The van der Waals surface area contributed by atoms with E-state index in [1.165, 1.54) is 81.9 Å². The second-order valence-corrected chi connectivity index (χ2v) is 11.8. The van der Waals surface area contributed by atoms with Crippen LogP contribution in [0.2, 0.25) is 0 Å². The summed E-state index contributed by atoms with van der Waals surface area (Å²) in [6.45, 7) is 3.97. The van der Waals surface area contributed by atoms with E-state index in [2.05, 4.69) is 65.6 Å². The van der Waals surface area contributed by atoms with Gasteiger partial charge in [0.1, 0.15) is 0 Å². The van der Waals surface area contributed by atoms with Gasteiger partial charge in [-0.3, -0.25) is 0 Å². The highest BCUT2D eigenvalue weighted by Crippen LogP contribution is 2.62. The SMILES string of the molecule is C1=Cc2ccccc2C(P(CCN2CCCC2)C2CCCCC2)c2ccccc21. The summed E-state index contributed by atoms with van der Waals surface area (Å²) >= 11 is 0. The van der Waals surface area contributed by atoms with E-state index in [9.17, 15) is 0 Å². The average molecular weight is 404 g/mol. The molecule has 1 nitrogen and oxygen atoms in total. The van der Waals surface area contributed by atoms with Crippen molar-refractivity contribution in [2.24, 2.45) is 0 Å². The fourth-order valence-electron chi connectivity index (χ4n) is 5.73. The first-order valence-corrected chi connectivity index (χ1v) is 13.4. The maximum Gasteiger partial charge on any atom is 0.0306 e. The van der Waals surface area contributed by atoms with Gasteiger partial charge in [-0.25, -0.2) is 0 Å². The predicted octanol–water partition coefficient (Wildman–Crippen LogP) is 7.17. The summed E-state index contributed by atoms with van der Waals surface area (Å²) in [6.07, 6.45) is 16.2. The van der Waals surface area contributed by atoms with E-state index in [0.717, 1.165) is 5.66 Å². The van der Waals surface area contributed by atoms with Crippen molar-refractivity contribution in [3.8, 4) is 0 Å². The molecule has 0 bridgehead atoms. The van der Waals surface area contributed by atoms with Crippen LogP contribution in [0.4, 0.5) is 0 Å². The molecule has 2 aromatic rings. The predicted molar refractivity (Wildman–Crippen MR) is 128 cm³/mol. The number of nitrogens with zero attached hydrogens (tertiary/aromatic N) is 1. The van der Waals surface area contributed by atoms with Crippen LogP contribution in [-0.4, -0.2) is 36.4 Å². The molecule has 2 fully saturated rings. The Balaban J connectivity index is 1.55. The van der Waals surface area contributed by atoms with E-state index in [4.69, 9.17) is 0 Å². The molecule has 5 rings (SSSR count). The Morgan fingerprint density at radius 2 is 1.31 bits per heavy atom. The molecule has 1 atom stereocenters. The van der Waals surface area contributed by atoms with Crippen LogP contribution in [0.3, 0.4) is 0 Å². The van der Waals surface area contributed by atoms with Gasteiger partial charge in [0.25, 0.3) is 0 Å². The lowest BCUT2D eigenvalue weighted by atomic mass is 9.99. The topological polar surface area (TPSA) is 3.24 Å². The van der Waals surface area contributed by atoms with Gasteiger partial charge in [-0.2, -0.15) is 0 Å². The van der Waals surface area contributed by atoms with Crippen LogP contribution in [0.25, 0.3) is 12.2 Å². The van der Waals surface area contributed by atoms with Crippen molar-refractivity contribution >= 4 is 20.1 Å². The molecule has 2 aromatic carbocycles. The molecule has 0 radical (unpaired) electrons. The second kappa shape index (κ2) is 9.15. The summed E-state index contributed by atoms with van der Waals surface area (Å²) in [7, 11) is -0.0851. The molecule has 2 heteroatoms. The monoisotopic (exact) mass is 403 g/mol. The zero-order chi connectivity index (χ0) is 19.5. The molecular weight excluding hydrogens is 369 g/mol. The Kier molecular flexibility index (Phi) is 6.16. The Morgan fingerprint density at radius 3 is 1.93 bits per heavy atom. The lowest BCUT2D eigenvalue weighted by molar-refractivity contribution is 0.360. The number of benzene rings is 2. The molecule has 0 N–H and O–H groups in total. The normalized spacial score (nSPS) is 21.5. The first kappa shape index (κ1) is 19.5. The van der Waals surface area contributed by atoms with Crippen LogP contribution < -0.4 is 0 Å². The van der Waals surface area contributed by atoms with Crippen LogP contribution in [0.1, 0.15) is 72.9 Å². The van der Waals surface area contributed by atoms with Crippen LogP contribution in [0, 0.1) is 0 Å². The average Bonchev–Trinajstić information content (AvgIpc) is 3.24. The van der Waals surface area contributed by atoms with Gasteiger partial charge in [0, 0.05) is 12.2 Å². The molecule has 1 saturated heterocycles. The lowest BCUT2D eigenvalue weighted by Crippen LogP contribution is -2.26. The van der Waals surface area contributed by atoms with E-state index in [1.54, 1.807) is 11.1 Å². The van der Waals surface area contributed by atoms with E-state index in [-0.39, 0.29) is 7.92 Å². The molecule has 0 amide bonds. The Hall–Kier alpha value is -1.43. The van der Waals surface area contributed by atoms with Crippen molar-refractivity contribution in [3.05, 3.63) is 70.8 Å². The van der Waals surface area contributed by atoms with Crippen molar-refractivity contribution in [3.63, 3.8) is 0 Å². The molecule has 3 aliphatic rings. The summed E-state index contributed by atoms with van der Waals surface area (Å²) < 4.78 is 0. The van der Waals surface area contributed by atoms with Gasteiger partial charge in [-0.05, 0) is 72.8 Å². The molecule has 0 spiro atoms. The van der Waals surface area contributed by atoms with Crippen molar-refractivity contribution < 1.29 is 0 Å². The third kappa shape index (κ3) is 4.23. The van der Waals surface area contributed by atoms with Gasteiger partial charge in [0.2, 0.25) is 0 Å². The molecule has 1 aliphatic heterocycles. The van der Waals surface area contributed by atoms with Crippen LogP contribution >= 0.6 is 7.92 Å². The zero-order valence-electron chi connectivity index (χ0n) is 17.6. The van der Waals surface area contributed by atoms with Gasteiger partial charge in [-0.1, -0.05) is 87.9 Å². The highest BCUT2D eigenvalue weighted by Gasteiger charge is 2.34. The number of hydrogen-bond acceptors (Lipinski definition) is 1. The number of hydrogen-bond donors (Lipinski definition) is 0. The van der Waals surface area contributed by atoms with E-state index in [0.29, 0.717) is 5.66 Å². The summed E-state index contributed by atoms with van der Waals surface area (Å²) in [4.78, 5) is 2.74. The summed E-state index contributed by atoms with van der Waals surface area (Å²) in [5.41, 5.74) is 7.60. The molecular formula is C27H34NP. The zero-order valence-corrected chi connectivity index (χ0v) is 18.5. The molecule has 1 saturated carbocycles. The highest BCUT2D eigenvalue weighted by atomic mass is 31.1. The second-order valence-electron chi connectivity index (χ2n) is 9.07. The van der Waals surface area contributed by atoms with E-state index >= 15 is 0 Å². The van der Waals surface area contributed by atoms with Gasteiger partial charge in [-0.15, -0.1) is 0 Å². The van der Waals surface area contributed by atoms with E-state index < -0.39 is 0 Å². The molecule has 1 unspecified atom stereocenters. The fraction of sp³-hybridized carbons (Fsp3) is 0.481. The lowest BCUT2D eigenvalue weighted by Gasteiger charge is -2.39. The minimum Gasteiger partial charge on any atom is -0.303 e. The van der Waals surface area contributed by atoms with Crippen LogP contribution in [0.5, 0.6) is 0 Å². The largest absolute Gasteiger partial charge is 0.303 e. The molecule has 152 valence electrons. The van der Waals surface area contributed by atoms with Crippen molar-refractivity contribution in [2.75, 3.05) is 25.8 Å². The number of rotatable bonds is 5. The van der Waals surface area contributed by atoms with Crippen molar-refractivity contribution in [1.29, 1.82) is 0 Å². The number of fused-ring (bicyclic) bond motifs is 2. The fourth-order valence-corrected chi connectivity index (χ4v) is 9.50. The Bertz CT molecular complexity index is 796. The highest BCUT2D eigenvalue weighted by molar-refractivity contribution is 7.59. The smallest absolute Gasteiger partial charge is 0.0306 e. The summed E-state index contributed by atoms with van der Waals surface area (Å²) in [6, 6.07) is 18.5. The standard InChI is InChI=1S/C27H34NP/c1-2-12-24(13-3-1)29(21-20-28-18-8-9-19-28)27-25-14-6-4-10-22(25)16-17-23-11-5-7-15-26(23)27/h4-7,10-11,14-17,24,27H,1-3,8-9,12-13,18-21H2.